The molecule has 9 heteroatoms. The molecule has 0 fully saturated rings. The highest BCUT2D eigenvalue weighted by atomic mass is 127. The normalized spacial score (nSPS) is 11.3. The van der Waals surface area contributed by atoms with Gasteiger partial charge in [-0.3, -0.25) is 9.67 Å². The summed E-state index contributed by atoms with van der Waals surface area (Å²) in [6.07, 6.45) is 6.92. The van der Waals surface area contributed by atoms with Gasteiger partial charge in [-0.2, -0.15) is 5.10 Å². The van der Waals surface area contributed by atoms with Crippen LogP contribution in [-0.4, -0.2) is 61.9 Å². The summed E-state index contributed by atoms with van der Waals surface area (Å²) >= 11 is 0. The van der Waals surface area contributed by atoms with Crippen LogP contribution in [-0.2, 0) is 22.9 Å². The van der Waals surface area contributed by atoms with Crippen molar-refractivity contribution < 1.29 is 14.2 Å². The lowest BCUT2D eigenvalue weighted by atomic mass is 10.2. The lowest BCUT2D eigenvalue weighted by Crippen LogP contribution is -2.32. The van der Waals surface area contributed by atoms with Crippen LogP contribution >= 0.6 is 24.0 Å². The second-order valence-corrected chi connectivity index (χ2v) is 7.56. The standard InChI is InChI=1S/C23H37N5O3.HI/c1-19(2)31-22-10-8-21(9-11-22)27-23(25-13-6-14-30-16-15-29-4)24-12-5-7-20-17-26-28(3)18-20;/h8-11,17-19H,5-7,12-16H2,1-4H3,(H2,24,25,27);1H. The molecule has 0 saturated carbocycles. The maximum atomic E-state index is 5.71. The molecule has 0 aliphatic rings. The fraction of sp³-hybridized carbons (Fsp3) is 0.565. The molecule has 8 nitrogen and oxygen atoms in total. The van der Waals surface area contributed by atoms with Crippen LogP contribution in [0.2, 0.25) is 0 Å². The number of rotatable bonds is 14. The van der Waals surface area contributed by atoms with E-state index in [4.69, 9.17) is 19.2 Å². The molecule has 0 bridgehead atoms. The van der Waals surface area contributed by atoms with Crippen molar-refractivity contribution in [2.45, 2.75) is 39.2 Å². The van der Waals surface area contributed by atoms with Gasteiger partial charge in [0.15, 0.2) is 5.96 Å². The van der Waals surface area contributed by atoms with E-state index < -0.39 is 0 Å². The third-order valence-electron chi connectivity index (χ3n) is 4.33. The average Bonchev–Trinajstić information content (AvgIpc) is 3.16. The van der Waals surface area contributed by atoms with Crippen LogP contribution in [0, 0.1) is 0 Å². The lowest BCUT2D eigenvalue weighted by molar-refractivity contribution is 0.0699. The summed E-state index contributed by atoms with van der Waals surface area (Å²) in [4.78, 5) is 4.73. The second-order valence-electron chi connectivity index (χ2n) is 7.56. The molecule has 2 N–H and O–H groups in total. The molecule has 32 heavy (non-hydrogen) atoms. The molecule has 1 heterocycles. The molecule has 2 aromatic rings. The van der Waals surface area contributed by atoms with Crippen LogP contribution in [0.4, 0.5) is 5.69 Å². The van der Waals surface area contributed by atoms with Crippen molar-refractivity contribution in [1.82, 2.24) is 15.1 Å². The summed E-state index contributed by atoms with van der Waals surface area (Å²) in [7, 11) is 3.61. The molecule has 0 spiro atoms. The number of benzene rings is 1. The molecule has 1 aromatic carbocycles. The highest BCUT2D eigenvalue weighted by Crippen LogP contribution is 2.16. The van der Waals surface area contributed by atoms with E-state index in [0.29, 0.717) is 19.8 Å². The predicted molar refractivity (Wildman–Crippen MR) is 140 cm³/mol. The number of anilines is 1. The Kier molecular flexibility index (Phi) is 14.7. The molecular weight excluding hydrogens is 521 g/mol. The van der Waals surface area contributed by atoms with Crippen molar-refractivity contribution in [3.63, 3.8) is 0 Å². The third-order valence-corrected chi connectivity index (χ3v) is 4.33. The smallest absolute Gasteiger partial charge is 0.195 e. The van der Waals surface area contributed by atoms with Gasteiger partial charge in [-0.1, -0.05) is 0 Å². The van der Waals surface area contributed by atoms with Crippen molar-refractivity contribution in [3.8, 4) is 5.75 Å². The van der Waals surface area contributed by atoms with Crippen LogP contribution in [0.3, 0.4) is 0 Å². The molecule has 180 valence electrons. The minimum absolute atomic E-state index is 0. The maximum Gasteiger partial charge on any atom is 0.195 e. The summed E-state index contributed by atoms with van der Waals surface area (Å²) in [6, 6.07) is 7.93. The van der Waals surface area contributed by atoms with E-state index >= 15 is 0 Å². The van der Waals surface area contributed by atoms with Gasteiger partial charge in [0, 0.05) is 45.7 Å². The highest BCUT2D eigenvalue weighted by Gasteiger charge is 2.03. The Hall–Kier alpha value is -1.85. The number of ether oxygens (including phenoxy) is 3. The number of methoxy groups -OCH3 is 1. The SMILES string of the molecule is COCCOCCCNC(=NCCCc1cnn(C)c1)Nc1ccc(OC(C)C)cc1.I. The number of aliphatic imine (C=N–C) groups is 1. The van der Waals surface area contributed by atoms with Crippen LogP contribution in [0.15, 0.2) is 41.7 Å². The summed E-state index contributed by atoms with van der Waals surface area (Å²) in [6.45, 7) is 7.46. The van der Waals surface area contributed by atoms with Gasteiger partial charge in [0.1, 0.15) is 5.75 Å². The first-order valence-corrected chi connectivity index (χ1v) is 10.9. The second kappa shape index (κ2) is 16.7. The van der Waals surface area contributed by atoms with Gasteiger partial charge in [-0.25, -0.2) is 0 Å². The Morgan fingerprint density at radius 3 is 2.56 bits per heavy atom. The molecule has 0 unspecified atom stereocenters. The van der Waals surface area contributed by atoms with Gasteiger partial charge in [-0.15, -0.1) is 24.0 Å². The number of hydrogen-bond donors (Lipinski definition) is 2. The lowest BCUT2D eigenvalue weighted by Gasteiger charge is -2.14. The van der Waals surface area contributed by atoms with Gasteiger partial charge in [0.25, 0.3) is 0 Å². The number of nitrogens with one attached hydrogen (secondary N) is 2. The van der Waals surface area contributed by atoms with E-state index in [2.05, 4.69) is 15.7 Å². The number of nitrogens with zero attached hydrogens (tertiary/aromatic N) is 3. The predicted octanol–water partition coefficient (Wildman–Crippen LogP) is 3.87. The Bertz CT molecular complexity index is 765. The summed E-state index contributed by atoms with van der Waals surface area (Å²) < 4.78 is 18.0. The topological polar surface area (TPSA) is 81.9 Å². The van der Waals surface area contributed by atoms with Gasteiger partial charge in [-0.05, 0) is 62.9 Å². The first kappa shape index (κ1) is 28.2. The van der Waals surface area contributed by atoms with Crippen LogP contribution in [0.25, 0.3) is 0 Å². The molecule has 2 rings (SSSR count). The first-order chi connectivity index (χ1) is 15.1. The molecular formula is C23H38IN5O3. The maximum absolute atomic E-state index is 5.71. The molecule has 0 aliphatic carbocycles. The zero-order valence-corrected chi connectivity index (χ0v) is 22.0. The zero-order chi connectivity index (χ0) is 22.3. The van der Waals surface area contributed by atoms with E-state index in [1.165, 1.54) is 5.56 Å². The molecule has 0 aliphatic heterocycles. The summed E-state index contributed by atoms with van der Waals surface area (Å²) in [5.41, 5.74) is 2.19. The highest BCUT2D eigenvalue weighted by molar-refractivity contribution is 14.0. The zero-order valence-electron chi connectivity index (χ0n) is 19.7. The number of aryl methyl sites for hydroxylation is 2. The molecule has 0 amide bonds. The van der Waals surface area contributed by atoms with Crippen LogP contribution in [0.1, 0.15) is 32.3 Å². The fourth-order valence-electron chi connectivity index (χ4n) is 2.87. The van der Waals surface area contributed by atoms with Crippen molar-refractivity contribution in [3.05, 3.63) is 42.2 Å². The van der Waals surface area contributed by atoms with E-state index in [1.807, 2.05) is 62.2 Å². The largest absolute Gasteiger partial charge is 0.491 e. The molecule has 1 aromatic heterocycles. The van der Waals surface area contributed by atoms with Crippen molar-refractivity contribution in [2.75, 3.05) is 45.3 Å². The average molecular weight is 559 g/mol. The number of aromatic nitrogens is 2. The van der Waals surface area contributed by atoms with Gasteiger partial charge in [0.05, 0.1) is 25.5 Å². The van der Waals surface area contributed by atoms with E-state index in [9.17, 15) is 0 Å². The van der Waals surface area contributed by atoms with E-state index in [-0.39, 0.29) is 30.1 Å². The van der Waals surface area contributed by atoms with Crippen LogP contribution in [0.5, 0.6) is 5.75 Å². The van der Waals surface area contributed by atoms with E-state index in [1.54, 1.807) is 7.11 Å². The summed E-state index contributed by atoms with van der Waals surface area (Å²) in [5.74, 6) is 1.62. The Morgan fingerprint density at radius 1 is 1.12 bits per heavy atom. The summed E-state index contributed by atoms with van der Waals surface area (Å²) in [5, 5.41) is 11.0. The van der Waals surface area contributed by atoms with Crippen LogP contribution < -0.4 is 15.4 Å². The van der Waals surface area contributed by atoms with E-state index in [0.717, 1.165) is 49.7 Å². The number of hydrogen-bond acceptors (Lipinski definition) is 5. The Morgan fingerprint density at radius 2 is 1.91 bits per heavy atom. The number of guanidine groups is 1. The minimum atomic E-state index is 0. The van der Waals surface area contributed by atoms with Gasteiger partial charge >= 0.3 is 0 Å². The van der Waals surface area contributed by atoms with Gasteiger partial charge in [0.2, 0.25) is 0 Å². The Labute approximate surface area is 209 Å². The molecule has 0 atom stereocenters. The van der Waals surface area contributed by atoms with Crippen molar-refractivity contribution >= 4 is 35.6 Å². The first-order valence-electron chi connectivity index (χ1n) is 10.9. The van der Waals surface area contributed by atoms with Crippen molar-refractivity contribution in [1.29, 1.82) is 0 Å². The third kappa shape index (κ3) is 12.3. The minimum Gasteiger partial charge on any atom is -0.491 e. The quantitative estimate of drug-likeness (QED) is 0.158. The molecule has 0 radical (unpaired) electrons. The monoisotopic (exact) mass is 559 g/mol. The Balaban J connectivity index is 0.00000512. The number of halogens is 1. The van der Waals surface area contributed by atoms with Crippen molar-refractivity contribution in [2.24, 2.45) is 12.0 Å². The van der Waals surface area contributed by atoms with Gasteiger partial charge < -0.3 is 24.8 Å². The fourth-order valence-corrected chi connectivity index (χ4v) is 2.87. The molecule has 0 saturated heterocycles.